The second-order valence-corrected chi connectivity index (χ2v) is 5.64. The summed E-state index contributed by atoms with van der Waals surface area (Å²) in [5, 5.41) is 0.989. The van der Waals surface area contributed by atoms with E-state index in [2.05, 4.69) is 42.0 Å². The maximum absolute atomic E-state index is 5.40. The van der Waals surface area contributed by atoms with Crippen LogP contribution >= 0.6 is 0 Å². The minimum absolute atomic E-state index is 0.677. The number of hydrogen-bond donors (Lipinski definition) is 0. The van der Waals surface area contributed by atoms with Crippen molar-refractivity contribution in [3.05, 3.63) is 59.0 Å². The summed E-state index contributed by atoms with van der Waals surface area (Å²) in [4.78, 5) is 8.83. The number of nitrogens with zero attached hydrogens (tertiary/aromatic N) is 2. The topological polar surface area (TPSA) is 44.2 Å². The molecule has 0 aliphatic carbocycles. The van der Waals surface area contributed by atoms with E-state index >= 15 is 0 Å². The number of methoxy groups -OCH3 is 2. The first-order chi connectivity index (χ1) is 11.1. The molecule has 0 saturated carbocycles. The fourth-order valence-corrected chi connectivity index (χ4v) is 2.68. The molecule has 2 aromatic carbocycles. The average Bonchev–Trinajstić information content (AvgIpc) is 2.57. The third kappa shape index (κ3) is 2.97. The van der Waals surface area contributed by atoms with Crippen molar-refractivity contribution >= 4 is 10.9 Å². The molecule has 1 heterocycles. The molecule has 0 fully saturated rings. The Balaban J connectivity index is 2.08. The van der Waals surface area contributed by atoms with Gasteiger partial charge in [0.1, 0.15) is 6.33 Å². The first kappa shape index (κ1) is 15.3. The molecular weight excluding hydrogens is 288 g/mol. The van der Waals surface area contributed by atoms with Crippen molar-refractivity contribution in [2.45, 2.75) is 20.3 Å². The molecule has 0 atom stereocenters. The van der Waals surface area contributed by atoms with Gasteiger partial charge in [-0.05, 0) is 36.6 Å². The first-order valence-corrected chi connectivity index (χ1v) is 7.54. The van der Waals surface area contributed by atoms with Crippen LogP contribution in [0.15, 0.2) is 36.7 Å². The molecule has 0 saturated heterocycles. The summed E-state index contributed by atoms with van der Waals surface area (Å²) in [5.74, 6) is 1.37. The smallest absolute Gasteiger partial charge is 0.162 e. The van der Waals surface area contributed by atoms with Crippen molar-refractivity contribution in [3.63, 3.8) is 0 Å². The van der Waals surface area contributed by atoms with Gasteiger partial charge >= 0.3 is 0 Å². The number of benzene rings is 2. The Morgan fingerprint density at radius 2 is 1.61 bits per heavy atom. The Labute approximate surface area is 136 Å². The monoisotopic (exact) mass is 308 g/mol. The molecule has 23 heavy (non-hydrogen) atoms. The molecule has 0 spiro atoms. The summed E-state index contributed by atoms with van der Waals surface area (Å²) < 4.78 is 10.7. The number of aryl methyl sites for hydroxylation is 2. The van der Waals surface area contributed by atoms with Crippen LogP contribution in [0.4, 0.5) is 0 Å². The molecule has 0 unspecified atom stereocenters. The highest BCUT2D eigenvalue weighted by Gasteiger charge is 2.11. The minimum Gasteiger partial charge on any atom is -0.493 e. The number of fused-ring (bicyclic) bond motifs is 1. The van der Waals surface area contributed by atoms with Crippen LogP contribution < -0.4 is 9.47 Å². The van der Waals surface area contributed by atoms with Crippen molar-refractivity contribution in [2.75, 3.05) is 14.2 Å². The van der Waals surface area contributed by atoms with Crippen molar-refractivity contribution in [3.8, 4) is 11.5 Å². The maximum Gasteiger partial charge on any atom is 0.162 e. The van der Waals surface area contributed by atoms with Crippen LogP contribution in [0.5, 0.6) is 11.5 Å². The third-order valence-corrected chi connectivity index (χ3v) is 4.17. The van der Waals surface area contributed by atoms with E-state index in [1.54, 1.807) is 20.5 Å². The van der Waals surface area contributed by atoms with Gasteiger partial charge in [0.15, 0.2) is 11.5 Å². The van der Waals surface area contributed by atoms with E-state index in [9.17, 15) is 0 Å². The number of hydrogen-bond acceptors (Lipinski definition) is 4. The van der Waals surface area contributed by atoms with Gasteiger partial charge in [0.2, 0.25) is 0 Å². The highest BCUT2D eigenvalue weighted by molar-refractivity contribution is 5.84. The van der Waals surface area contributed by atoms with E-state index < -0.39 is 0 Å². The Kier molecular flexibility index (Phi) is 4.15. The molecule has 0 amide bonds. The maximum atomic E-state index is 5.40. The number of ether oxygens (including phenoxy) is 2. The van der Waals surface area contributed by atoms with E-state index in [-0.39, 0.29) is 0 Å². The van der Waals surface area contributed by atoms with Gasteiger partial charge in [-0.25, -0.2) is 9.97 Å². The second kappa shape index (κ2) is 6.24. The molecule has 0 radical (unpaired) electrons. The van der Waals surface area contributed by atoms with Crippen LogP contribution in [0.3, 0.4) is 0 Å². The van der Waals surface area contributed by atoms with Gasteiger partial charge in [-0.1, -0.05) is 18.2 Å². The van der Waals surface area contributed by atoms with E-state index in [1.165, 1.54) is 16.7 Å². The first-order valence-electron chi connectivity index (χ1n) is 7.54. The zero-order valence-corrected chi connectivity index (χ0v) is 13.9. The Bertz CT molecular complexity index is 859. The fraction of sp³-hybridized carbons (Fsp3) is 0.263. The molecule has 4 heteroatoms. The lowest BCUT2D eigenvalue weighted by atomic mass is 10.0. The Hall–Kier alpha value is -2.62. The van der Waals surface area contributed by atoms with Crippen molar-refractivity contribution < 1.29 is 9.47 Å². The van der Waals surface area contributed by atoms with Gasteiger partial charge in [0, 0.05) is 17.9 Å². The van der Waals surface area contributed by atoms with Gasteiger partial charge in [-0.15, -0.1) is 0 Å². The van der Waals surface area contributed by atoms with Gasteiger partial charge in [0.25, 0.3) is 0 Å². The second-order valence-electron chi connectivity index (χ2n) is 5.64. The highest BCUT2D eigenvalue weighted by Crippen LogP contribution is 2.32. The summed E-state index contributed by atoms with van der Waals surface area (Å²) in [5.41, 5.74) is 5.67. The average molecular weight is 308 g/mol. The lowest BCUT2D eigenvalue weighted by Crippen LogP contribution is -1.98. The van der Waals surface area contributed by atoms with Gasteiger partial charge < -0.3 is 9.47 Å². The summed E-state index contributed by atoms with van der Waals surface area (Å²) in [6.07, 6.45) is 2.36. The summed E-state index contributed by atoms with van der Waals surface area (Å²) in [6, 6.07) is 10.4. The summed E-state index contributed by atoms with van der Waals surface area (Å²) in [6.45, 7) is 4.25. The van der Waals surface area contributed by atoms with E-state index in [0.29, 0.717) is 11.5 Å². The van der Waals surface area contributed by atoms with Crippen molar-refractivity contribution in [2.24, 2.45) is 0 Å². The standard InChI is InChI=1S/C19H20N2O2/c1-12-5-6-14(7-13(12)2)8-16-15-9-18(22-3)19(23-4)10-17(15)21-11-20-16/h5-7,9-11H,8H2,1-4H3. The zero-order chi connectivity index (χ0) is 16.4. The Morgan fingerprint density at radius 1 is 0.870 bits per heavy atom. The predicted molar refractivity (Wildman–Crippen MR) is 91.4 cm³/mol. The van der Waals surface area contributed by atoms with Gasteiger partial charge in [-0.2, -0.15) is 0 Å². The molecule has 1 aromatic heterocycles. The van der Waals surface area contributed by atoms with Crippen molar-refractivity contribution in [1.82, 2.24) is 9.97 Å². The van der Waals surface area contributed by atoms with Crippen LogP contribution in [0.25, 0.3) is 10.9 Å². The van der Waals surface area contributed by atoms with Crippen LogP contribution in [0.2, 0.25) is 0 Å². The molecule has 0 aliphatic heterocycles. The normalized spacial score (nSPS) is 10.8. The summed E-state index contributed by atoms with van der Waals surface area (Å²) >= 11 is 0. The molecule has 0 bridgehead atoms. The fourth-order valence-electron chi connectivity index (χ4n) is 2.68. The number of rotatable bonds is 4. The largest absolute Gasteiger partial charge is 0.493 e. The van der Waals surface area contributed by atoms with Gasteiger partial charge in [-0.3, -0.25) is 0 Å². The lowest BCUT2D eigenvalue weighted by Gasteiger charge is -2.11. The van der Waals surface area contributed by atoms with E-state index in [1.807, 2.05) is 12.1 Å². The minimum atomic E-state index is 0.677. The molecular formula is C19H20N2O2. The van der Waals surface area contributed by atoms with Crippen LogP contribution in [-0.2, 0) is 6.42 Å². The molecule has 3 aromatic rings. The molecule has 3 rings (SSSR count). The van der Waals surface area contributed by atoms with Crippen LogP contribution in [0, 0.1) is 13.8 Å². The van der Waals surface area contributed by atoms with E-state index in [4.69, 9.17) is 9.47 Å². The van der Waals surface area contributed by atoms with Crippen LogP contribution in [0.1, 0.15) is 22.4 Å². The quantitative estimate of drug-likeness (QED) is 0.734. The Morgan fingerprint density at radius 3 is 2.30 bits per heavy atom. The van der Waals surface area contributed by atoms with Crippen molar-refractivity contribution in [1.29, 1.82) is 0 Å². The predicted octanol–water partition coefficient (Wildman–Crippen LogP) is 3.85. The van der Waals surface area contributed by atoms with Crippen LogP contribution in [-0.4, -0.2) is 24.2 Å². The van der Waals surface area contributed by atoms with Gasteiger partial charge in [0.05, 0.1) is 25.4 Å². The third-order valence-electron chi connectivity index (χ3n) is 4.17. The van der Waals surface area contributed by atoms with E-state index in [0.717, 1.165) is 23.0 Å². The SMILES string of the molecule is COc1cc2ncnc(Cc3ccc(C)c(C)c3)c2cc1OC. The molecule has 0 aliphatic rings. The summed E-state index contributed by atoms with van der Waals surface area (Å²) in [7, 11) is 3.26. The molecule has 118 valence electrons. The molecule has 4 nitrogen and oxygen atoms in total. The lowest BCUT2D eigenvalue weighted by molar-refractivity contribution is 0.355. The zero-order valence-electron chi connectivity index (χ0n) is 13.9. The molecule has 0 N–H and O–H groups in total. The number of aromatic nitrogens is 2. The highest BCUT2D eigenvalue weighted by atomic mass is 16.5.